The zero-order chi connectivity index (χ0) is 18.3. The van der Waals surface area contributed by atoms with Crippen molar-refractivity contribution in [3.8, 4) is 0 Å². The van der Waals surface area contributed by atoms with E-state index < -0.39 is 0 Å². The highest BCUT2D eigenvalue weighted by Crippen LogP contribution is 2.28. The van der Waals surface area contributed by atoms with Gasteiger partial charge in [0.15, 0.2) is 0 Å². The van der Waals surface area contributed by atoms with Crippen molar-refractivity contribution >= 4 is 11.8 Å². The van der Waals surface area contributed by atoms with Crippen molar-refractivity contribution in [2.75, 3.05) is 36.5 Å². The van der Waals surface area contributed by atoms with Gasteiger partial charge in [-0.3, -0.25) is 0 Å². The largest absolute Gasteiger partial charge is 0.389 e. The molecule has 8 nitrogen and oxygen atoms in total. The number of hydrogen-bond acceptors (Lipinski definition) is 7. The van der Waals surface area contributed by atoms with Gasteiger partial charge in [-0.25, -0.2) is 9.97 Å². The number of ether oxygens (including phenoxy) is 1. The monoisotopic (exact) mass is 358 g/mol. The molecule has 26 heavy (non-hydrogen) atoms. The van der Waals surface area contributed by atoms with Gasteiger partial charge in [-0.15, -0.1) is 0 Å². The minimum Gasteiger partial charge on any atom is -0.389 e. The third kappa shape index (κ3) is 3.26. The summed E-state index contributed by atoms with van der Waals surface area (Å²) in [6.45, 7) is 7.35. The average molecular weight is 358 g/mol. The Labute approximate surface area is 153 Å². The third-order valence-corrected chi connectivity index (χ3v) is 5.37. The SMILES string of the molecule is Cc1nc(CNc2cc([C@H]3CCOC3)nc(N3CC(O)C3)n2)n(C)c1C. The molecule has 0 aromatic carbocycles. The predicted octanol–water partition coefficient (Wildman–Crippen LogP) is 1.12. The molecule has 2 fully saturated rings. The van der Waals surface area contributed by atoms with E-state index in [4.69, 9.17) is 9.72 Å². The number of aliphatic hydroxyl groups excluding tert-OH is 1. The van der Waals surface area contributed by atoms with Crippen LogP contribution in [0.3, 0.4) is 0 Å². The lowest BCUT2D eigenvalue weighted by Gasteiger charge is -2.36. The number of β-amino-alcohol motifs (C(OH)–C–C–N with tert-alkyl or cyclic N) is 1. The van der Waals surface area contributed by atoms with Gasteiger partial charge in [0.1, 0.15) is 11.6 Å². The van der Waals surface area contributed by atoms with Crippen molar-refractivity contribution in [3.63, 3.8) is 0 Å². The standard InChI is InChI=1S/C18H26N6O2/c1-11-12(2)23(3)17(20-11)7-19-16-6-15(13-4-5-26-10-13)21-18(22-16)24-8-14(25)9-24/h6,13-14,25H,4-5,7-10H2,1-3H3,(H,19,21,22)/t13-/m0/s1. The maximum Gasteiger partial charge on any atom is 0.227 e. The Balaban J connectivity index is 1.56. The molecule has 2 saturated heterocycles. The van der Waals surface area contributed by atoms with Crippen molar-refractivity contribution in [2.45, 2.75) is 38.8 Å². The number of anilines is 2. The fourth-order valence-corrected chi connectivity index (χ4v) is 3.39. The topological polar surface area (TPSA) is 88.3 Å². The van der Waals surface area contributed by atoms with E-state index in [2.05, 4.69) is 26.8 Å². The fraction of sp³-hybridized carbons (Fsp3) is 0.611. The average Bonchev–Trinajstić information content (AvgIpc) is 3.22. The lowest BCUT2D eigenvalue weighted by molar-refractivity contribution is 0.140. The highest BCUT2D eigenvalue weighted by molar-refractivity contribution is 5.46. The Hall–Kier alpha value is -2.19. The molecule has 2 aliphatic heterocycles. The Bertz CT molecular complexity index is 793. The number of imidazole rings is 1. The molecule has 0 amide bonds. The quantitative estimate of drug-likeness (QED) is 0.828. The van der Waals surface area contributed by atoms with Crippen LogP contribution in [0, 0.1) is 13.8 Å². The van der Waals surface area contributed by atoms with Gasteiger partial charge in [0.25, 0.3) is 0 Å². The lowest BCUT2D eigenvalue weighted by Crippen LogP contribution is -2.51. The first-order chi connectivity index (χ1) is 12.5. The predicted molar refractivity (Wildman–Crippen MR) is 98.4 cm³/mol. The van der Waals surface area contributed by atoms with Crippen molar-refractivity contribution in [2.24, 2.45) is 7.05 Å². The van der Waals surface area contributed by atoms with E-state index in [1.165, 1.54) is 5.69 Å². The molecule has 8 heteroatoms. The lowest BCUT2D eigenvalue weighted by atomic mass is 10.0. The highest BCUT2D eigenvalue weighted by atomic mass is 16.5. The van der Waals surface area contributed by atoms with E-state index in [0.29, 0.717) is 38.1 Å². The number of nitrogens with zero attached hydrogens (tertiary/aromatic N) is 5. The summed E-state index contributed by atoms with van der Waals surface area (Å²) >= 11 is 0. The number of aryl methyl sites for hydroxylation is 1. The smallest absolute Gasteiger partial charge is 0.227 e. The Kier molecular flexibility index (Phi) is 4.54. The third-order valence-electron chi connectivity index (χ3n) is 5.37. The van der Waals surface area contributed by atoms with Crippen molar-refractivity contribution in [1.82, 2.24) is 19.5 Å². The molecule has 4 heterocycles. The van der Waals surface area contributed by atoms with Crippen LogP contribution in [0.4, 0.5) is 11.8 Å². The van der Waals surface area contributed by atoms with Gasteiger partial charge in [-0.05, 0) is 20.3 Å². The van der Waals surface area contributed by atoms with Crippen LogP contribution in [0.2, 0.25) is 0 Å². The summed E-state index contributed by atoms with van der Waals surface area (Å²) in [6.07, 6.45) is 0.697. The molecule has 2 aromatic rings. The highest BCUT2D eigenvalue weighted by Gasteiger charge is 2.29. The first-order valence-electron chi connectivity index (χ1n) is 9.13. The first kappa shape index (κ1) is 17.2. The van der Waals surface area contributed by atoms with Crippen LogP contribution < -0.4 is 10.2 Å². The van der Waals surface area contributed by atoms with Gasteiger partial charge >= 0.3 is 0 Å². The Morgan fingerprint density at radius 2 is 2.08 bits per heavy atom. The van der Waals surface area contributed by atoms with Crippen LogP contribution in [-0.4, -0.2) is 57.0 Å². The molecule has 2 aromatic heterocycles. The van der Waals surface area contributed by atoms with Gasteiger partial charge in [-0.2, -0.15) is 4.98 Å². The first-order valence-corrected chi connectivity index (χ1v) is 9.13. The van der Waals surface area contributed by atoms with Crippen molar-refractivity contribution < 1.29 is 9.84 Å². The normalized spacial score (nSPS) is 20.5. The van der Waals surface area contributed by atoms with Crippen LogP contribution >= 0.6 is 0 Å². The van der Waals surface area contributed by atoms with E-state index in [1.54, 1.807) is 0 Å². The summed E-state index contributed by atoms with van der Waals surface area (Å²) in [7, 11) is 2.03. The second kappa shape index (κ2) is 6.85. The van der Waals surface area contributed by atoms with E-state index in [9.17, 15) is 5.11 Å². The molecule has 0 unspecified atom stereocenters. The second-order valence-electron chi connectivity index (χ2n) is 7.21. The number of aliphatic hydroxyl groups is 1. The second-order valence-corrected chi connectivity index (χ2v) is 7.21. The summed E-state index contributed by atoms with van der Waals surface area (Å²) in [6, 6.07) is 2.02. The van der Waals surface area contributed by atoms with Crippen LogP contribution in [0.15, 0.2) is 6.07 Å². The van der Waals surface area contributed by atoms with E-state index >= 15 is 0 Å². The van der Waals surface area contributed by atoms with E-state index in [-0.39, 0.29) is 6.10 Å². The fourth-order valence-electron chi connectivity index (χ4n) is 3.39. The van der Waals surface area contributed by atoms with Crippen LogP contribution in [0.5, 0.6) is 0 Å². The summed E-state index contributed by atoms with van der Waals surface area (Å²) < 4.78 is 7.62. The molecule has 4 rings (SSSR count). The number of hydrogen-bond donors (Lipinski definition) is 2. The number of nitrogens with one attached hydrogen (secondary N) is 1. The molecule has 0 bridgehead atoms. The molecule has 2 aliphatic rings. The Morgan fingerprint density at radius 1 is 1.27 bits per heavy atom. The molecule has 0 radical (unpaired) electrons. The van der Waals surface area contributed by atoms with E-state index in [1.807, 2.05) is 24.9 Å². The molecular formula is C18H26N6O2. The van der Waals surface area contributed by atoms with Crippen molar-refractivity contribution in [3.05, 3.63) is 29.0 Å². The van der Waals surface area contributed by atoms with Crippen molar-refractivity contribution in [1.29, 1.82) is 0 Å². The molecule has 0 spiro atoms. The molecular weight excluding hydrogens is 332 g/mol. The van der Waals surface area contributed by atoms with Gasteiger partial charge in [0.05, 0.1) is 30.6 Å². The summed E-state index contributed by atoms with van der Waals surface area (Å²) in [5.74, 6) is 2.75. The number of aromatic nitrogens is 4. The summed E-state index contributed by atoms with van der Waals surface area (Å²) in [4.78, 5) is 16.0. The zero-order valence-corrected chi connectivity index (χ0v) is 15.6. The summed E-state index contributed by atoms with van der Waals surface area (Å²) in [5.41, 5.74) is 3.22. The van der Waals surface area contributed by atoms with Crippen LogP contribution in [0.25, 0.3) is 0 Å². The van der Waals surface area contributed by atoms with Gasteiger partial charge in [-0.1, -0.05) is 0 Å². The van der Waals surface area contributed by atoms with Gasteiger partial charge in [0, 0.05) is 44.4 Å². The minimum absolute atomic E-state index is 0.285. The zero-order valence-electron chi connectivity index (χ0n) is 15.6. The van der Waals surface area contributed by atoms with E-state index in [0.717, 1.165) is 36.1 Å². The maximum absolute atomic E-state index is 9.60. The van der Waals surface area contributed by atoms with Gasteiger partial charge in [0.2, 0.25) is 5.95 Å². The molecule has 0 saturated carbocycles. The molecule has 140 valence electrons. The van der Waals surface area contributed by atoms with Crippen LogP contribution in [-0.2, 0) is 18.3 Å². The minimum atomic E-state index is -0.285. The molecule has 2 N–H and O–H groups in total. The maximum atomic E-state index is 9.60. The summed E-state index contributed by atoms with van der Waals surface area (Å²) in [5, 5.41) is 13.0. The van der Waals surface area contributed by atoms with Gasteiger partial charge < -0.3 is 24.6 Å². The molecule has 1 atom stereocenters. The number of rotatable bonds is 5. The Morgan fingerprint density at radius 3 is 2.69 bits per heavy atom. The molecule has 0 aliphatic carbocycles. The van der Waals surface area contributed by atoms with Crippen LogP contribution in [0.1, 0.15) is 35.2 Å².